The van der Waals surface area contributed by atoms with Gasteiger partial charge in [-0.15, -0.1) is 11.8 Å². The Balaban J connectivity index is 1.80. The van der Waals surface area contributed by atoms with Crippen molar-refractivity contribution in [2.24, 2.45) is 0 Å². The number of likely N-dealkylation sites (tertiary alicyclic amines) is 1. The smallest absolute Gasteiger partial charge is 0.255 e. The van der Waals surface area contributed by atoms with Gasteiger partial charge in [0.05, 0.1) is 16.6 Å². The lowest BCUT2D eigenvalue weighted by Gasteiger charge is -2.27. The summed E-state index contributed by atoms with van der Waals surface area (Å²) in [6.45, 7) is 2.42. The highest BCUT2D eigenvalue weighted by atomic mass is 32.2. The first-order valence-electron chi connectivity index (χ1n) is 9.10. The van der Waals surface area contributed by atoms with E-state index in [-0.39, 0.29) is 23.5 Å². The number of hydrogen-bond acceptors (Lipinski definition) is 5. The van der Waals surface area contributed by atoms with Gasteiger partial charge in [0, 0.05) is 31.1 Å². The average molecular weight is 399 g/mol. The molecule has 8 heteroatoms. The predicted molar refractivity (Wildman–Crippen MR) is 102 cm³/mol. The molecular weight excluding hydrogens is 372 g/mol. The maximum atomic E-state index is 12.9. The molecule has 26 heavy (non-hydrogen) atoms. The Bertz CT molecular complexity index is 740. The van der Waals surface area contributed by atoms with E-state index in [4.69, 9.17) is 4.74 Å². The fourth-order valence-electron chi connectivity index (χ4n) is 3.38. The van der Waals surface area contributed by atoms with Gasteiger partial charge in [-0.2, -0.15) is 0 Å². The van der Waals surface area contributed by atoms with Crippen molar-refractivity contribution in [3.63, 3.8) is 0 Å². The summed E-state index contributed by atoms with van der Waals surface area (Å²) in [7, 11) is -3.67. The second-order valence-electron chi connectivity index (χ2n) is 6.70. The number of benzene rings is 1. The van der Waals surface area contributed by atoms with Gasteiger partial charge in [-0.25, -0.2) is 13.1 Å². The van der Waals surface area contributed by atoms with Crippen molar-refractivity contribution in [1.29, 1.82) is 0 Å². The lowest BCUT2D eigenvalue weighted by atomic mass is 10.1. The Hall–Kier alpha value is -1.09. The zero-order valence-corrected chi connectivity index (χ0v) is 16.7. The molecule has 1 atom stereocenters. The zero-order chi connectivity index (χ0) is 18.6. The van der Waals surface area contributed by atoms with E-state index in [0.717, 1.165) is 50.1 Å². The number of carbonyl (C=O) groups is 1. The molecule has 2 heterocycles. The molecule has 0 unspecified atom stereocenters. The quantitative estimate of drug-likeness (QED) is 0.745. The fourth-order valence-corrected chi connectivity index (χ4v) is 5.04. The molecule has 0 spiro atoms. The summed E-state index contributed by atoms with van der Waals surface area (Å²) in [5, 5.41) is 0. The lowest BCUT2D eigenvalue weighted by molar-refractivity contribution is 0.0720. The molecule has 0 aliphatic carbocycles. The van der Waals surface area contributed by atoms with Crippen LogP contribution in [0.3, 0.4) is 0 Å². The van der Waals surface area contributed by atoms with Crippen LogP contribution in [0.4, 0.5) is 0 Å². The summed E-state index contributed by atoms with van der Waals surface area (Å²) in [6, 6.07) is 4.81. The van der Waals surface area contributed by atoms with Crippen molar-refractivity contribution in [3.05, 3.63) is 23.8 Å². The second-order valence-corrected chi connectivity index (χ2v) is 9.32. The lowest BCUT2D eigenvalue weighted by Crippen LogP contribution is -2.36. The van der Waals surface area contributed by atoms with Crippen LogP contribution in [0.25, 0.3) is 0 Å². The number of piperidine rings is 1. The number of sulfonamides is 1. The van der Waals surface area contributed by atoms with Crippen LogP contribution in [0.2, 0.25) is 0 Å². The Morgan fingerprint density at radius 2 is 2.04 bits per heavy atom. The molecule has 2 aliphatic heterocycles. The number of nitrogens with one attached hydrogen (secondary N) is 1. The summed E-state index contributed by atoms with van der Waals surface area (Å²) in [4.78, 5) is 15.7. The maximum Gasteiger partial charge on any atom is 0.255 e. The average Bonchev–Trinajstić information content (AvgIpc) is 3.20. The molecule has 1 N–H and O–H groups in total. The SMILES string of the molecule is CSc1ccc(S(=O)(=O)NC[C@H]2CCCO2)cc1C(=O)N1CCCCC1. The van der Waals surface area contributed by atoms with Crippen LogP contribution in [-0.4, -0.2) is 57.8 Å². The Labute approximate surface area is 159 Å². The molecule has 1 aromatic carbocycles. The first-order chi connectivity index (χ1) is 12.5. The minimum Gasteiger partial charge on any atom is -0.377 e. The van der Waals surface area contributed by atoms with Gasteiger partial charge in [0.1, 0.15) is 0 Å². The van der Waals surface area contributed by atoms with Crippen LogP contribution in [0.15, 0.2) is 28.0 Å². The molecule has 2 saturated heterocycles. The number of rotatable bonds is 6. The minimum absolute atomic E-state index is 0.0651. The van der Waals surface area contributed by atoms with Gasteiger partial charge in [0.15, 0.2) is 0 Å². The van der Waals surface area contributed by atoms with E-state index >= 15 is 0 Å². The number of carbonyl (C=O) groups excluding carboxylic acids is 1. The molecule has 144 valence electrons. The Morgan fingerprint density at radius 3 is 2.69 bits per heavy atom. The fraction of sp³-hybridized carbons (Fsp3) is 0.611. The van der Waals surface area contributed by atoms with Gasteiger partial charge in [0.25, 0.3) is 5.91 Å². The summed E-state index contributed by atoms with van der Waals surface area (Å²) < 4.78 is 33.4. The van der Waals surface area contributed by atoms with Crippen LogP contribution in [0.1, 0.15) is 42.5 Å². The van der Waals surface area contributed by atoms with Gasteiger partial charge in [-0.05, 0) is 56.6 Å². The first kappa shape index (κ1) is 19.7. The van der Waals surface area contributed by atoms with E-state index in [1.54, 1.807) is 12.1 Å². The zero-order valence-electron chi connectivity index (χ0n) is 15.1. The molecule has 2 aliphatic rings. The van der Waals surface area contributed by atoms with Gasteiger partial charge in [-0.1, -0.05) is 0 Å². The van der Waals surface area contributed by atoms with Crippen LogP contribution in [0.5, 0.6) is 0 Å². The van der Waals surface area contributed by atoms with Gasteiger partial charge >= 0.3 is 0 Å². The van der Waals surface area contributed by atoms with E-state index in [1.807, 2.05) is 11.2 Å². The third-order valence-electron chi connectivity index (χ3n) is 4.88. The topological polar surface area (TPSA) is 75.7 Å². The Kier molecular flexibility index (Phi) is 6.60. The molecule has 0 saturated carbocycles. The highest BCUT2D eigenvalue weighted by Gasteiger charge is 2.25. The third kappa shape index (κ3) is 4.60. The molecule has 0 radical (unpaired) electrons. The van der Waals surface area contributed by atoms with Crippen molar-refractivity contribution in [3.8, 4) is 0 Å². The number of amides is 1. The highest BCUT2D eigenvalue weighted by molar-refractivity contribution is 7.98. The van der Waals surface area contributed by atoms with Gasteiger partial charge in [0.2, 0.25) is 10.0 Å². The van der Waals surface area contributed by atoms with Gasteiger partial charge < -0.3 is 9.64 Å². The number of nitrogens with zero attached hydrogens (tertiary/aromatic N) is 1. The number of hydrogen-bond donors (Lipinski definition) is 1. The molecule has 2 fully saturated rings. The highest BCUT2D eigenvalue weighted by Crippen LogP contribution is 2.26. The summed E-state index contributed by atoms with van der Waals surface area (Å²) >= 11 is 1.46. The Morgan fingerprint density at radius 1 is 1.27 bits per heavy atom. The molecule has 1 aromatic rings. The number of thioether (sulfide) groups is 1. The van der Waals surface area contributed by atoms with E-state index in [2.05, 4.69) is 4.72 Å². The van der Waals surface area contributed by atoms with Crippen molar-refractivity contribution in [2.75, 3.05) is 32.5 Å². The van der Waals surface area contributed by atoms with Crippen LogP contribution < -0.4 is 4.72 Å². The molecular formula is C18H26N2O4S2. The predicted octanol–water partition coefficient (Wildman–Crippen LogP) is 2.49. The maximum absolute atomic E-state index is 12.9. The van der Waals surface area contributed by atoms with Crippen molar-refractivity contribution in [2.45, 2.75) is 48.0 Å². The minimum atomic E-state index is -3.67. The van der Waals surface area contributed by atoms with Crippen LogP contribution in [-0.2, 0) is 14.8 Å². The van der Waals surface area contributed by atoms with Crippen molar-refractivity contribution in [1.82, 2.24) is 9.62 Å². The third-order valence-corrected chi connectivity index (χ3v) is 7.10. The van der Waals surface area contributed by atoms with Crippen LogP contribution >= 0.6 is 11.8 Å². The second kappa shape index (κ2) is 8.73. The standard InChI is InChI=1S/C18H26N2O4S2/c1-25-17-8-7-15(26(22,23)19-13-14-6-5-11-24-14)12-16(17)18(21)20-9-3-2-4-10-20/h7-8,12,14,19H,2-6,9-11,13H2,1H3/t14-/m1/s1. The number of ether oxygens (including phenoxy) is 1. The molecule has 0 aromatic heterocycles. The molecule has 3 rings (SSSR count). The van der Waals surface area contributed by atoms with Crippen molar-refractivity contribution < 1.29 is 17.9 Å². The molecule has 6 nitrogen and oxygen atoms in total. The van der Waals surface area contributed by atoms with E-state index < -0.39 is 10.0 Å². The summed E-state index contributed by atoms with van der Waals surface area (Å²) in [6.07, 6.45) is 6.80. The van der Waals surface area contributed by atoms with E-state index in [1.165, 1.54) is 17.8 Å². The summed E-state index contributed by atoms with van der Waals surface area (Å²) in [5.74, 6) is -0.0785. The van der Waals surface area contributed by atoms with E-state index in [0.29, 0.717) is 12.2 Å². The summed E-state index contributed by atoms with van der Waals surface area (Å²) in [5.41, 5.74) is 0.472. The van der Waals surface area contributed by atoms with Crippen LogP contribution in [0, 0.1) is 0 Å². The van der Waals surface area contributed by atoms with Gasteiger partial charge in [-0.3, -0.25) is 4.79 Å². The largest absolute Gasteiger partial charge is 0.377 e. The van der Waals surface area contributed by atoms with Crippen molar-refractivity contribution >= 4 is 27.7 Å². The molecule has 1 amide bonds. The first-order valence-corrected chi connectivity index (χ1v) is 11.8. The monoisotopic (exact) mass is 398 g/mol. The van der Waals surface area contributed by atoms with E-state index in [9.17, 15) is 13.2 Å². The molecule has 0 bridgehead atoms. The normalized spacial score (nSPS) is 21.1.